The fourth-order valence-corrected chi connectivity index (χ4v) is 2.18. The Morgan fingerprint density at radius 2 is 1.95 bits per heavy atom. The van der Waals surface area contributed by atoms with Gasteiger partial charge in [-0.1, -0.05) is 30.3 Å². The minimum atomic E-state index is -0.00667. The predicted octanol–water partition coefficient (Wildman–Crippen LogP) is 2.92. The molecule has 102 valence electrons. The van der Waals surface area contributed by atoms with E-state index in [9.17, 15) is 5.11 Å². The number of aryl methyl sites for hydroxylation is 1. The minimum absolute atomic E-state index is 0.00667. The number of hydrogen-bond acceptors (Lipinski definition) is 3. The molecule has 0 aliphatic carbocycles. The molecule has 1 aromatic heterocycles. The van der Waals surface area contributed by atoms with Gasteiger partial charge in [0.2, 0.25) is 0 Å². The van der Waals surface area contributed by atoms with Gasteiger partial charge in [-0.3, -0.25) is 0 Å². The van der Waals surface area contributed by atoms with Crippen LogP contribution in [-0.2, 0) is 6.42 Å². The van der Waals surface area contributed by atoms with E-state index in [4.69, 9.17) is 4.42 Å². The molecule has 0 aliphatic rings. The summed E-state index contributed by atoms with van der Waals surface area (Å²) < 4.78 is 5.32. The van der Waals surface area contributed by atoms with Gasteiger partial charge in [0.25, 0.3) is 0 Å². The van der Waals surface area contributed by atoms with Crippen LogP contribution < -0.4 is 5.32 Å². The maximum Gasteiger partial charge on any atom is 0.103 e. The molecule has 2 rings (SSSR count). The van der Waals surface area contributed by atoms with Crippen molar-refractivity contribution in [2.24, 2.45) is 0 Å². The van der Waals surface area contributed by atoms with Crippen LogP contribution in [0.1, 0.15) is 30.7 Å². The molecule has 0 fully saturated rings. The Hall–Kier alpha value is -1.58. The van der Waals surface area contributed by atoms with E-state index < -0.39 is 0 Å². The van der Waals surface area contributed by atoms with E-state index in [0.29, 0.717) is 6.04 Å². The molecule has 3 heteroatoms. The third kappa shape index (κ3) is 4.23. The lowest BCUT2D eigenvalue weighted by atomic mass is 10.1. The van der Waals surface area contributed by atoms with Crippen molar-refractivity contribution in [1.29, 1.82) is 0 Å². The molecule has 0 bridgehead atoms. The van der Waals surface area contributed by atoms with Crippen molar-refractivity contribution >= 4 is 0 Å². The van der Waals surface area contributed by atoms with E-state index in [-0.39, 0.29) is 12.6 Å². The molecule has 1 unspecified atom stereocenters. The van der Waals surface area contributed by atoms with Gasteiger partial charge in [-0.05, 0) is 31.0 Å². The first-order valence-electron chi connectivity index (χ1n) is 6.74. The second kappa shape index (κ2) is 7.12. The molecule has 0 aliphatic heterocycles. The monoisotopic (exact) mass is 259 g/mol. The standard InChI is InChI=1S/C16H21NO2/c1-13(9-10-15-8-5-11-19-15)17-16(12-18)14-6-3-2-4-7-14/h2-8,11,13,16-18H,9-10,12H2,1H3/t13?,16-/m1/s1. The van der Waals surface area contributed by atoms with Crippen molar-refractivity contribution in [1.82, 2.24) is 5.32 Å². The number of nitrogens with one attached hydrogen (secondary N) is 1. The molecular formula is C16H21NO2. The van der Waals surface area contributed by atoms with Crippen molar-refractivity contribution in [3.05, 3.63) is 60.1 Å². The highest BCUT2D eigenvalue weighted by Gasteiger charge is 2.13. The predicted molar refractivity (Wildman–Crippen MR) is 75.9 cm³/mol. The second-order valence-electron chi connectivity index (χ2n) is 4.83. The summed E-state index contributed by atoms with van der Waals surface area (Å²) in [7, 11) is 0. The van der Waals surface area contributed by atoms with E-state index >= 15 is 0 Å². The highest BCUT2D eigenvalue weighted by molar-refractivity contribution is 5.19. The molecule has 1 heterocycles. The van der Waals surface area contributed by atoms with Crippen LogP contribution >= 0.6 is 0 Å². The number of hydrogen-bond donors (Lipinski definition) is 2. The van der Waals surface area contributed by atoms with Gasteiger partial charge in [0.1, 0.15) is 5.76 Å². The molecule has 0 saturated carbocycles. The summed E-state index contributed by atoms with van der Waals surface area (Å²) in [6, 6.07) is 14.3. The molecule has 3 nitrogen and oxygen atoms in total. The molecule has 2 aromatic rings. The first-order valence-corrected chi connectivity index (χ1v) is 6.74. The highest BCUT2D eigenvalue weighted by Crippen LogP contribution is 2.14. The molecule has 0 spiro atoms. The van der Waals surface area contributed by atoms with Crippen LogP contribution in [0.4, 0.5) is 0 Å². The third-order valence-corrected chi connectivity index (χ3v) is 3.27. The summed E-state index contributed by atoms with van der Waals surface area (Å²) in [5.41, 5.74) is 1.12. The molecule has 19 heavy (non-hydrogen) atoms. The van der Waals surface area contributed by atoms with Crippen LogP contribution in [0.15, 0.2) is 53.1 Å². The molecule has 0 radical (unpaired) electrons. The summed E-state index contributed by atoms with van der Waals surface area (Å²) in [5.74, 6) is 1.01. The number of furan rings is 1. The topological polar surface area (TPSA) is 45.4 Å². The van der Waals surface area contributed by atoms with Crippen LogP contribution in [-0.4, -0.2) is 17.8 Å². The van der Waals surface area contributed by atoms with E-state index in [1.807, 2.05) is 42.5 Å². The smallest absolute Gasteiger partial charge is 0.103 e. The SMILES string of the molecule is CC(CCc1ccco1)N[C@H](CO)c1ccccc1. The Labute approximate surface area is 114 Å². The third-order valence-electron chi connectivity index (χ3n) is 3.27. The molecular weight excluding hydrogens is 238 g/mol. The van der Waals surface area contributed by atoms with Crippen LogP contribution in [0.2, 0.25) is 0 Å². The van der Waals surface area contributed by atoms with Crippen molar-refractivity contribution < 1.29 is 9.52 Å². The fourth-order valence-electron chi connectivity index (χ4n) is 2.18. The van der Waals surface area contributed by atoms with Crippen LogP contribution in [0.25, 0.3) is 0 Å². The number of benzene rings is 1. The molecule has 0 amide bonds. The van der Waals surface area contributed by atoms with Crippen molar-refractivity contribution in [3.63, 3.8) is 0 Å². The van der Waals surface area contributed by atoms with Crippen LogP contribution in [0.3, 0.4) is 0 Å². The zero-order chi connectivity index (χ0) is 13.5. The van der Waals surface area contributed by atoms with Gasteiger partial charge in [-0.15, -0.1) is 0 Å². The lowest BCUT2D eigenvalue weighted by molar-refractivity contribution is 0.232. The Kier molecular flexibility index (Phi) is 5.19. The molecule has 2 atom stereocenters. The first-order chi connectivity index (χ1) is 9.29. The van der Waals surface area contributed by atoms with Crippen LogP contribution in [0, 0.1) is 0 Å². The number of aliphatic hydroxyl groups excluding tert-OH is 1. The van der Waals surface area contributed by atoms with Gasteiger partial charge < -0.3 is 14.8 Å². The van der Waals surface area contributed by atoms with Gasteiger partial charge in [-0.2, -0.15) is 0 Å². The van der Waals surface area contributed by atoms with Crippen molar-refractivity contribution in [2.45, 2.75) is 31.8 Å². The molecule has 2 N–H and O–H groups in total. The summed E-state index contributed by atoms with van der Waals surface area (Å²) >= 11 is 0. The maximum absolute atomic E-state index is 9.50. The summed E-state index contributed by atoms with van der Waals surface area (Å²) in [4.78, 5) is 0. The summed E-state index contributed by atoms with van der Waals surface area (Å²) in [5, 5.41) is 13.0. The average molecular weight is 259 g/mol. The number of aliphatic hydroxyl groups is 1. The Morgan fingerprint density at radius 3 is 2.58 bits per heavy atom. The molecule has 1 aromatic carbocycles. The summed E-state index contributed by atoms with van der Waals surface area (Å²) in [6.45, 7) is 2.24. The lowest BCUT2D eigenvalue weighted by Gasteiger charge is -2.21. The zero-order valence-electron chi connectivity index (χ0n) is 11.3. The lowest BCUT2D eigenvalue weighted by Crippen LogP contribution is -2.33. The van der Waals surface area contributed by atoms with Crippen molar-refractivity contribution in [2.75, 3.05) is 6.61 Å². The Balaban J connectivity index is 1.84. The van der Waals surface area contributed by atoms with Crippen molar-refractivity contribution in [3.8, 4) is 0 Å². The Morgan fingerprint density at radius 1 is 1.16 bits per heavy atom. The van der Waals surface area contributed by atoms with E-state index in [0.717, 1.165) is 24.2 Å². The van der Waals surface area contributed by atoms with Gasteiger partial charge >= 0.3 is 0 Å². The van der Waals surface area contributed by atoms with Crippen LogP contribution in [0.5, 0.6) is 0 Å². The second-order valence-corrected chi connectivity index (χ2v) is 4.83. The van der Waals surface area contributed by atoms with Gasteiger partial charge in [-0.25, -0.2) is 0 Å². The van der Waals surface area contributed by atoms with Gasteiger partial charge in [0.05, 0.1) is 18.9 Å². The fraction of sp³-hybridized carbons (Fsp3) is 0.375. The largest absolute Gasteiger partial charge is 0.469 e. The van der Waals surface area contributed by atoms with Gasteiger partial charge in [0, 0.05) is 12.5 Å². The Bertz CT molecular complexity index is 453. The normalized spacial score (nSPS) is 14.2. The summed E-state index contributed by atoms with van der Waals surface area (Å²) in [6.07, 6.45) is 3.60. The highest BCUT2D eigenvalue weighted by atomic mass is 16.3. The van der Waals surface area contributed by atoms with E-state index in [1.54, 1.807) is 6.26 Å². The van der Waals surface area contributed by atoms with E-state index in [1.165, 1.54) is 0 Å². The first kappa shape index (κ1) is 13.8. The van der Waals surface area contributed by atoms with E-state index in [2.05, 4.69) is 12.2 Å². The quantitative estimate of drug-likeness (QED) is 0.803. The zero-order valence-corrected chi connectivity index (χ0v) is 11.3. The molecule has 0 saturated heterocycles. The number of rotatable bonds is 7. The minimum Gasteiger partial charge on any atom is -0.469 e. The maximum atomic E-state index is 9.50. The van der Waals surface area contributed by atoms with Gasteiger partial charge in [0.15, 0.2) is 0 Å². The average Bonchev–Trinajstić information content (AvgIpc) is 2.97.